The van der Waals surface area contributed by atoms with Crippen molar-refractivity contribution >= 4 is 122 Å². The van der Waals surface area contributed by atoms with Gasteiger partial charge < -0.3 is 0 Å². The minimum atomic E-state index is 0. The van der Waals surface area contributed by atoms with Crippen LogP contribution in [0.15, 0.2) is 0 Å². The fourth-order valence-electron chi connectivity index (χ4n) is 0. The zero-order valence-electron chi connectivity index (χ0n) is 4.49. The number of hydrogen-bond donors (Lipinski definition) is 0. The minimum Gasteiger partial charge on any atom is 0 e. The average Bonchev–Trinajstić information content (AvgIpc) is 0. The summed E-state index contributed by atoms with van der Waals surface area (Å²) in [6.07, 6.45) is 0. The largest absolute Gasteiger partial charge is 0 e. The first kappa shape index (κ1) is 82.1. The molecule has 0 saturated heterocycles. The second-order valence-electron chi connectivity index (χ2n) is 0. The molecule has 8 heteroatoms. The Morgan fingerprint density at radius 1 is 0.250 bits per heavy atom. The van der Waals surface area contributed by atoms with Crippen molar-refractivity contribution in [2.75, 3.05) is 0 Å². The molecule has 0 aromatic rings. The third kappa shape index (κ3) is 47.0. The standard InChI is InChI=1S/7Al.Ta. The van der Waals surface area contributed by atoms with Crippen LogP contribution in [0.4, 0.5) is 0 Å². The molecule has 0 amide bonds. The topological polar surface area (TPSA) is 0 Å². The molecule has 0 aliphatic carbocycles. The molecule has 0 N–H and O–H groups in total. The van der Waals surface area contributed by atoms with Crippen molar-refractivity contribution in [1.29, 1.82) is 0 Å². The molecule has 22 radical (unpaired) electrons. The van der Waals surface area contributed by atoms with Gasteiger partial charge in [-0.25, -0.2) is 0 Å². The van der Waals surface area contributed by atoms with E-state index < -0.39 is 0 Å². The molecule has 0 aromatic carbocycles. The first-order chi connectivity index (χ1) is 0. The normalized spacial score (nSPS) is 0. The van der Waals surface area contributed by atoms with E-state index in [1.165, 1.54) is 0 Å². The summed E-state index contributed by atoms with van der Waals surface area (Å²) in [7, 11) is 0. The zero-order chi connectivity index (χ0) is 0. The van der Waals surface area contributed by atoms with Gasteiger partial charge >= 0.3 is 0 Å². The Kier molecular flexibility index (Phi) is 646. The van der Waals surface area contributed by atoms with Crippen LogP contribution in [0, 0.1) is 0 Å². The maximum atomic E-state index is 0. The Balaban J connectivity index is 0. The average molecular weight is 370 g/mol. The zero-order valence-corrected chi connectivity index (χ0v) is 15.8. The molecule has 26 valence electrons. The molecule has 0 aliphatic heterocycles. The van der Waals surface area contributed by atoms with Crippen LogP contribution < -0.4 is 0 Å². The van der Waals surface area contributed by atoms with Crippen LogP contribution in [-0.4, -0.2) is 122 Å². The molecule has 0 atom stereocenters. The summed E-state index contributed by atoms with van der Waals surface area (Å²) in [6, 6.07) is 0. The van der Waals surface area contributed by atoms with Crippen LogP contribution in [0.5, 0.6) is 0 Å². The van der Waals surface area contributed by atoms with Gasteiger partial charge in [-0.1, -0.05) is 0 Å². The SMILES string of the molecule is [Al].[Al].[Al].[Al].[Al].[Al].[Al].[Ta]. The number of hydrogen-bond acceptors (Lipinski definition) is 0. The Morgan fingerprint density at radius 3 is 0.250 bits per heavy atom. The summed E-state index contributed by atoms with van der Waals surface area (Å²) in [5, 5.41) is 0. The summed E-state index contributed by atoms with van der Waals surface area (Å²) in [4.78, 5) is 0. The van der Waals surface area contributed by atoms with E-state index in [0.717, 1.165) is 0 Å². The Morgan fingerprint density at radius 2 is 0.250 bits per heavy atom. The van der Waals surface area contributed by atoms with Gasteiger partial charge in [0.15, 0.2) is 0 Å². The molecule has 0 heterocycles. The molecule has 0 rings (SSSR count). The molecular weight excluding hydrogens is 370 g/mol. The van der Waals surface area contributed by atoms with Crippen molar-refractivity contribution in [2.45, 2.75) is 0 Å². The van der Waals surface area contributed by atoms with Crippen molar-refractivity contribution in [3.63, 3.8) is 0 Å². The molecular formula is Al7Ta. The smallest absolute Gasteiger partial charge is 0 e. The minimum absolute atomic E-state index is 0. The van der Waals surface area contributed by atoms with Gasteiger partial charge in [-0.2, -0.15) is 0 Å². The van der Waals surface area contributed by atoms with Crippen molar-refractivity contribution in [3.05, 3.63) is 0 Å². The second-order valence-corrected chi connectivity index (χ2v) is 0. The predicted octanol–water partition coefficient (Wildman–Crippen LogP) is -2.67. The summed E-state index contributed by atoms with van der Waals surface area (Å²) in [6.45, 7) is 0. The van der Waals surface area contributed by atoms with Gasteiger partial charge in [-0.15, -0.1) is 0 Å². The van der Waals surface area contributed by atoms with Gasteiger partial charge in [0, 0.05) is 144 Å². The summed E-state index contributed by atoms with van der Waals surface area (Å²) in [5.74, 6) is 0. The van der Waals surface area contributed by atoms with Crippen LogP contribution in [0.3, 0.4) is 0 Å². The molecule has 0 saturated carbocycles. The molecule has 0 fully saturated rings. The van der Waals surface area contributed by atoms with Crippen LogP contribution in [0.25, 0.3) is 0 Å². The third-order valence-electron chi connectivity index (χ3n) is 0. The van der Waals surface area contributed by atoms with Crippen LogP contribution >= 0.6 is 0 Å². The molecule has 0 bridgehead atoms. The van der Waals surface area contributed by atoms with Crippen molar-refractivity contribution in [2.24, 2.45) is 0 Å². The van der Waals surface area contributed by atoms with Gasteiger partial charge in [0.1, 0.15) is 0 Å². The summed E-state index contributed by atoms with van der Waals surface area (Å²) in [5.41, 5.74) is 0. The van der Waals surface area contributed by atoms with E-state index in [9.17, 15) is 0 Å². The van der Waals surface area contributed by atoms with E-state index in [2.05, 4.69) is 0 Å². The maximum Gasteiger partial charge on any atom is 0 e. The van der Waals surface area contributed by atoms with Gasteiger partial charge in [0.05, 0.1) is 0 Å². The molecule has 0 spiro atoms. The quantitative estimate of drug-likeness (QED) is 0.409. The van der Waals surface area contributed by atoms with Gasteiger partial charge in [-0.05, 0) is 0 Å². The monoisotopic (exact) mass is 370 g/mol. The molecule has 8 heavy (non-hydrogen) atoms. The molecule has 0 unspecified atom stereocenters. The Labute approximate surface area is 141 Å². The Hall–Kier alpha value is 4.47. The molecule has 0 aliphatic rings. The maximum absolute atomic E-state index is 0. The Bertz CT molecular complexity index is 4.35. The first-order valence-electron chi connectivity index (χ1n) is 0. The second kappa shape index (κ2) is 63.0. The van der Waals surface area contributed by atoms with Crippen LogP contribution in [-0.2, 0) is 22.4 Å². The van der Waals surface area contributed by atoms with Crippen molar-refractivity contribution in [1.82, 2.24) is 0 Å². The van der Waals surface area contributed by atoms with Crippen LogP contribution in [0.2, 0.25) is 0 Å². The summed E-state index contributed by atoms with van der Waals surface area (Å²) >= 11 is 0. The van der Waals surface area contributed by atoms with Gasteiger partial charge in [-0.3, -0.25) is 0 Å². The van der Waals surface area contributed by atoms with Crippen molar-refractivity contribution < 1.29 is 22.4 Å². The van der Waals surface area contributed by atoms with Gasteiger partial charge in [0.25, 0.3) is 0 Å². The van der Waals surface area contributed by atoms with E-state index in [1.807, 2.05) is 0 Å². The molecule has 0 aromatic heterocycles. The predicted molar refractivity (Wildman–Crippen MR) is 40.3 cm³/mol. The summed E-state index contributed by atoms with van der Waals surface area (Å²) < 4.78 is 0. The molecule has 0 nitrogen and oxygen atoms in total. The van der Waals surface area contributed by atoms with Crippen molar-refractivity contribution in [3.8, 4) is 0 Å². The first-order valence-corrected chi connectivity index (χ1v) is 0. The van der Waals surface area contributed by atoms with Crippen LogP contribution in [0.1, 0.15) is 0 Å². The van der Waals surface area contributed by atoms with E-state index in [0.29, 0.717) is 0 Å². The van der Waals surface area contributed by atoms with E-state index in [1.54, 1.807) is 0 Å². The fourth-order valence-corrected chi connectivity index (χ4v) is 0. The fraction of sp³-hybridized carbons (Fsp3) is 0. The van der Waals surface area contributed by atoms with E-state index in [-0.39, 0.29) is 144 Å². The van der Waals surface area contributed by atoms with E-state index >= 15 is 0 Å². The van der Waals surface area contributed by atoms with E-state index in [4.69, 9.17) is 0 Å². The third-order valence-corrected chi connectivity index (χ3v) is 0. The number of rotatable bonds is 0. The van der Waals surface area contributed by atoms with Gasteiger partial charge in [0.2, 0.25) is 0 Å².